The molecule has 1 N–H and O–H groups in total. The molecule has 11 heteroatoms. The van der Waals surface area contributed by atoms with E-state index in [2.05, 4.69) is 31.8 Å². The van der Waals surface area contributed by atoms with Gasteiger partial charge in [-0.25, -0.2) is 27.8 Å². The number of nitrogens with zero attached hydrogens (tertiary/aromatic N) is 5. The van der Waals surface area contributed by atoms with Crippen LogP contribution in [-0.4, -0.2) is 58.7 Å². The predicted octanol–water partition coefficient (Wildman–Crippen LogP) is 2.49. The van der Waals surface area contributed by atoms with Crippen LogP contribution in [-0.2, 0) is 22.8 Å². The van der Waals surface area contributed by atoms with E-state index < -0.39 is 14.8 Å². The van der Waals surface area contributed by atoms with Crippen LogP contribution in [0, 0.1) is 0 Å². The maximum Gasteiger partial charge on any atom is 0.244 e. The van der Waals surface area contributed by atoms with Crippen molar-refractivity contribution in [3.05, 3.63) is 41.1 Å². The fourth-order valence-corrected chi connectivity index (χ4v) is 5.19. The summed E-state index contributed by atoms with van der Waals surface area (Å²) >= 11 is 6.25. The normalized spacial score (nSPS) is 20.9. The highest BCUT2D eigenvalue weighted by molar-refractivity contribution is 7.92. The van der Waals surface area contributed by atoms with Crippen LogP contribution < -0.4 is 9.80 Å². The molecule has 0 bridgehead atoms. The van der Waals surface area contributed by atoms with Gasteiger partial charge in [0, 0.05) is 42.4 Å². The lowest BCUT2D eigenvalue weighted by atomic mass is 9.97. The Labute approximate surface area is 178 Å². The number of aromatic amines is 1. The number of sulfone groups is 1. The second-order valence-electron chi connectivity index (χ2n) is 8.02. The van der Waals surface area contributed by atoms with Gasteiger partial charge in [-0.15, -0.1) is 0 Å². The molecule has 0 radical (unpaired) electrons. The van der Waals surface area contributed by atoms with Crippen molar-refractivity contribution < 1.29 is 12.8 Å². The number of alkyl halides is 1. The molecule has 2 aliphatic heterocycles. The molecule has 3 aromatic rings. The first-order valence-electron chi connectivity index (χ1n) is 9.53. The molecule has 0 saturated carbocycles. The lowest BCUT2D eigenvalue weighted by Gasteiger charge is -2.45. The van der Waals surface area contributed by atoms with Gasteiger partial charge in [0.1, 0.15) is 22.9 Å². The number of hydrogen-bond donors (Lipinski definition) is 1. The van der Waals surface area contributed by atoms with Crippen LogP contribution >= 0.6 is 11.6 Å². The smallest absolute Gasteiger partial charge is 0.244 e. The standard InChI is InChI=1S/C19H20ClFN6O2S/c1-11-5-14-13(7-27(11)15-6-16(20)25-17-12(15)3-4-22-17)18(24-10-23-14)26-8-19(21,9-26)30(2,28)29/h3-4,6,10-11H,5,7-9H2,1-2H3,(H,22,25)/t11-/m1/s1. The third kappa shape index (κ3) is 2.92. The maximum atomic E-state index is 14.7. The molecule has 0 spiro atoms. The van der Waals surface area contributed by atoms with Gasteiger partial charge in [-0.2, -0.15) is 0 Å². The Morgan fingerprint density at radius 3 is 2.83 bits per heavy atom. The Balaban J connectivity index is 1.52. The van der Waals surface area contributed by atoms with E-state index in [-0.39, 0.29) is 19.1 Å². The third-order valence-electron chi connectivity index (χ3n) is 5.96. The molecule has 0 aliphatic carbocycles. The van der Waals surface area contributed by atoms with Crippen molar-refractivity contribution in [1.29, 1.82) is 0 Å². The highest BCUT2D eigenvalue weighted by Crippen LogP contribution is 2.39. The van der Waals surface area contributed by atoms with E-state index in [1.165, 1.54) is 6.33 Å². The SMILES string of the molecule is C[C@@H]1Cc2ncnc(N3CC(F)(S(C)(=O)=O)C3)c2CN1c1cc(Cl)nc2[nH]ccc12. The zero-order valence-electron chi connectivity index (χ0n) is 16.4. The van der Waals surface area contributed by atoms with Crippen LogP contribution in [0.2, 0.25) is 5.15 Å². The number of pyridine rings is 1. The highest BCUT2D eigenvalue weighted by atomic mass is 35.5. The van der Waals surface area contributed by atoms with Crippen molar-refractivity contribution >= 4 is 44.0 Å². The second kappa shape index (κ2) is 6.52. The Kier molecular flexibility index (Phi) is 4.24. The van der Waals surface area contributed by atoms with Gasteiger partial charge < -0.3 is 14.8 Å². The summed E-state index contributed by atoms with van der Waals surface area (Å²) in [7, 11) is -3.80. The van der Waals surface area contributed by atoms with Crippen LogP contribution in [0.15, 0.2) is 24.7 Å². The van der Waals surface area contributed by atoms with Crippen LogP contribution in [0.5, 0.6) is 0 Å². The van der Waals surface area contributed by atoms with E-state index >= 15 is 0 Å². The van der Waals surface area contributed by atoms with E-state index in [4.69, 9.17) is 11.6 Å². The molecule has 5 rings (SSSR count). The first-order valence-corrected chi connectivity index (χ1v) is 11.8. The fraction of sp³-hybridized carbons (Fsp3) is 0.421. The average molecular weight is 451 g/mol. The molecule has 5 heterocycles. The molecular formula is C19H20ClFN6O2S. The van der Waals surface area contributed by atoms with Gasteiger partial charge in [0.25, 0.3) is 0 Å². The first-order chi connectivity index (χ1) is 14.2. The number of anilines is 2. The number of hydrogen-bond acceptors (Lipinski definition) is 7. The lowest BCUT2D eigenvalue weighted by molar-refractivity contribution is 0.214. The molecule has 30 heavy (non-hydrogen) atoms. The molecular weight excluding hydrogens is 431 g/mol. The summed E-state index contributed by atoms with van der Waals surface area (Å²) in [5.74, 6) is 0.583. The summed E-state index contributed by atoms with van der Waals surface area (Å²) in [4.78, 5) is 20.1. The molecule has 0 unspecified atom stereocenters. The van der Waals surface area contributed by atoms with Gasteiger partial charge in [0.15, 0.2) is 9.84 Å². The highest BCUT2D eigenvalue weighted by Gasteiger charge is 2.53. The summed E-state index contributed by atoms with van der Waals surface area (Å²) < 4.78 is 38.2. The van der Waals surface area contributed by atoms with Crippen LogP contribution in [0.4, 0.5) is 15.9 Å². The molecule has 8 nitrogen and oxygen atoms in total. The summed E-state index contributed by atoms with van der Waals surface area (Å²) in [5.41, 5.74) is 3.42. The summed E-state index contributed by atoms with van der Waals surface area (Å²) in [6, 6.07) is 3.93. The Bertz CT molecular complexity index is 1260. The molecule has 2 aliphatic rings. The topological polar surface area (TPSA) is 95.1 Å². The van der Waals surface area contributed by atoms with Gasteiger partial charge in [-0.05, 0) is 19.1 Å². The molecule has 1 fully saturated rings. The quantitative estimate of drug-likeness (QED) is 0.612. The van der Waals surface area contributed by atoms with Gasteiger partial charge in [-0.1, -0.05) is 11.6 Å². The number of rotatable bonds is 3. The van der Waals surface area contributed by atoms with Gasteiger partial charge in [-0.3, -0.25) is 0 Å². The number of halogens is 2. The molecule has 3 aromatic heterocycles. The number of H-pyrrole nitrogens is 1. The van der Waals surface area contributed by atoms with Crippen LogP contribution in [0.1, 0.15) is 18.2 Å². The zero-order chi connectivity index (χ0) is 21.3. The van der Waals surface area contributed by atoms with Crippen LogP contribution in [0.25, 0.3) is 11.0 Å². The van der Waals surface area contributed by atoms with Gasteiger partial charge in [0.2, 0.25) is 5.00 Å². The monoisotopic (exact) mass is 450 g/mol. The van der Waals surface area contributed by atoms with E-state index in [0.29, 0.717) is 29.6 Å². The van der Waals surface area contributed by atoms with Crippen molar-refractivity contribution in [2.75, 3.05) is 29.1 Å². The molecule has 1 atom stereocenters. The summed E-state index contributed by atoms with van der Waals surface area (Å²) in [6.07, 6.45) is 4.89. The second-order valence-corrected chi connectivity index (χ2v) is 10.7. The molecule has 1 saturated heterocycles. The fourth-order valence-electron chi connectivity index (χ4n) is 4.22. The minimum Gasteiger partial charge on any atom is -0.363 e. The number of nitrogens with one attached hydrogen (secondary N) is 1. The van der Waals surface area contributed by atoms with Crippen molar-refractivity contribution in [2.45, 2.75) is 30.9 Å². The van der Waals surface area contributed by atoms with Gasteiger partial charge >= 0.3 is 0 Å². The summed E-state index contributed by atoms with van der Waals surface area (Å²) in [5, 5.41) is -0.889. The van der Waals surface area contributed by atoms with Crippen molar-refractivity contribution in [1.82, 2.24) is 19.9 Å². The Morgan fingerprint density at radius 1 is 1.33 bits per heavy atom. The van der Waals surface area contributed by atoms with E-state index in [1.54, 1.807) is 4.90 Å². The van der Waals surface area contributed by atoms with E-state index in [0.717, 1.165) is 28.6 Å². The van der Waals surface area contributed by atoms with Crippen LogP contribution in [0.3, 0.4) is 0 Å². The Hall–Kier alpha value is -2.46. The molecule has 158 valence electrons. The number of aromatic nitrogens is 4. The van der Waals surface area contributed by atoms with Crippen molar-refractivity contribution in [3.8, 4) is 0 Å². The van der Waals surface area contributed by atoms with E-state index in [1.807, 2.05) is 18.3 Å². The number of fused-ring (bicyclic) bond motifs is 2. The minimum atomic E-state index is -3.80. The molecule has 0 amide bonds. The first kappa shape index (κ1) is 19.5. The maximum absolute atomic E-state index is 14.7. The molecule has 0 aromatic carbocycles. The largest absolute Gasteiger partial charge is 0.363 e. The predicted molar refractivity (Wildman–Crippen MR) is 113 cm³/mol. The lowest BCUT2D eigenvalue weighted by Crippen LogP contribution is -2.63. The average Bonchev–Trinajstić information content (AvgIpc) is 3.11. The van der Waals surface area contributed by atoms with Crippen molar-refractivity contribution in [2.24, 2.45) is 0 Å². The van der Waals surface area contributed by atoms with Crippen molar-refractivity contribution in [3.63, 3.8) is 0 Å². The third-order valence-corrected chi connectivity index (χ3v) is 7.75. The summed E-state index contributed by atoms with van der Waals surface area (Å²) in [6.45, 7) is 2.15. The van der Waals surface area contributed by atoms with Gasteiger partial charge in [0.05, 0.1) is 24.5 Å². The Morgan fingerprint density at radius 2 is 2.10 bits per heavy atom. The minimum absolute atomic E-state index is 0.143. The zero-order valence-corrected chi connectivity index (χ0v) is 18.0. The van der Waals surface area contributed by atoms with E-state index in [9.17, 15) is 12.8 Å².